The predicted octanol–water partition coefficient (Wildman–Crippen LogP) is 3.51. The minimum absolute atomic E-state index is 0.0600. The number of methoxy groups -OCH3 is 1. The minimum Gasteiger partial charge on any atom is -0.496 e. The fraction of sp³-hybridized carbons (Fsp3) is 0.389. The smallest absolute Gasteiger partial charge is 0.281 e. The van der Waals surface area contributed by atoms with Crippen molar-refractivity contribution in [3.8, 4) is 5.75 Å². The van der Waals surface area contributed by atoms with Crippen LogP contribution in [0.5, 0.6) is 5.75 Å². The number of anilines is 1. The summed E-state index contributed by atoms with van der Waals surface area (Å²) in [6.45, 7) is 4.62. The highest BCUT2D eigenvalue weighted by Crippen LogP contribution is 2.34. The summed E-state index contributed by atoms with van der Waals surface area (Å²) in [6.07, 6.45) is 0.949. The summed E-state index contributed by atoms with van der Waals surface area (Å²) in [6, 6.07) is 5.89. The van der Waals surface area contributed by atoms with Crippen LogP contribution in [0.2, 0.25) is 0 Å². The molecule has 4 rings (SSSR count). The largest absolute Gasteiger partial charge is 0.496 e. The van der Waals surface area contributed by atoms with E-state index >= 15 is 0 Å². The average Bonchev–Trinajstić information content (AvgIpc) is 2.99. The van der Waals surface area contributed by atoms with Gasteiger partial charge in [0.15, 0.2) is 16.2 Å². The lowest BCUT2D eigenvalue weighted by Crippen LogP contribution is -2.54. The molecule has 1 aromatic carbocycles. The maximum absolute atomic E-state index is 13.2. The maximum Gasteiger partial charge on any atom is 0.281 e. The number of carbonyl (C=O) groups is 1. The molecule has 2 aliphatic heterocycles. The monoisotopic (exact) mass is 495 g/mol. The van der Waals surface area contributed by atoms with Crippen LogP contribution in [0.3, 0.4) is 0 Å². The Kier molecular flexibility index (Phi) is 4.98. The Morgan fingerprint density at radius 2 is 2.11 bits per heavy atom. The Labute approximate surface area is 174 Å². The second-order valence-electron chi connectivity index (χ2n) is 6.34. The number of fused-ring (bicyclic) bond motifs is 3. The quantitative estimate of drug-likeness (QED) is 0.649. The molecule has 9 heteroatoms. The van der Waals surface area contributed by atoms with Gasteiger partial charge < -0.3 is 9.30 Å². The zero-order valence-corrected chi connectivity index (χ0v) is 18.2. The summed E-state index contributed by atoms with van der Waals surface area (Å²) in [5.74, 6) is 2.11. The average molecular weight is 497 g/mol. The number of halogens is 2. The zero-order chi connectivity index (χ0) is 19.1. The van der Waals surface area contributed by atoms with Crippen LogP contribution in [-0.2, 0) is 6.54 Å². The molecule has 0 unspecified atom stereocenters. The minimum atomic E-state index is -0.0600. The molecule has 0 fully saturated rings. The van der Waals surface area contributed by atoms with Crippen LogP contribution in [0.15, 0.2) is 32.4 Å². The molecule has 0 saturated carbocycles. The van der Waals surface area contributed by atoms with Crippen LogP contribution in [0.25, 0.3) is 0 Å². The second-order valence-corrected chi connectivity index (χ2v) is 7.91. The Bertz CT molecular complexity index is 940. The Hall–Kier alpha value is -1.87. The maximum atomic E-state index is 13.2. The topological polar surface area (TPSA) is 63.0 Å². The number of aromatic nitrogens is 2. The van der Waals surface area contributed by atoms with Gasteiger partial charge in [-0.15, -0.1) is 0 Å². The van der Waals surface area contributed by atoms with E-state index in [1.165, 1.54) is 0 Å². The predicted molar refractivity (Wildman–Crippen MR) is 111 cm³/mol. The molecule has 27 heavy (non-hydrogen) atoms. The number of rotatable bonds is 4. The number of amides is 1. The van der Waals surface area contributed by atoms with Gasteiger partial charge in [0, 0.05) is 19.6 Å². The highest BCUT2D eigenvalue weighted by Gasteiger charge is 2.40. The van der Waals surface area contributed by atoms with E-state index in [0.29, 0.717) is 35.3 Å². The molecule has 1 aromatic heterocycles. The summed E-state index contributed by atoms with van der Waals surface area (Å²) in [5.41, 5.74) is 1.63. The molecular formula is C18H19Br2N5O2. The number of hydrogen-bond donors (Lipinski definition) is 0. The van der Waals surface area contributed by atoms with E-state index in [-0.39, 0.29) is 5.91 Å². The molecular weight excluding hydrogens is 478 g/mol. The van der Waals surface area contributed by atoms with E-state index in [9.17, 15) is 4.79 Å². The normalized spacial score (nSPS) is 16.1. The number of guanidine groups is 1. The van der Waals surface area contributed by atoms with Crippen LogP contribution in [0, 0.1) is 0 Å². The fourth-order valence-corrected chi connectivity index (χ4v) is 4.54. The van der Waals surface area contributed by atoms with Crippen LogP contribution >= 0.6 is 31.9 Å². The molecule has 7 nitrogen and oxygen atoms in total. The molecule has 2 aromatic rings. The van der Waals surface area contributed by atoms with E-state index < -0.39 is 0 Å². The van der Waals surface area contributed by atoms with Gasteiger partial charge in [0.2, 0.25) is 5.96 Å². The van der Waals surface area contributed by atoms with Crippen molar-refractivity contribution in [1.29, 1.82) is 0 Å². The number of nitrogens with zero attached hydrogens (tertiary/aromatic N) is 5. The lowest BCUT2D eigenvalue weighted by Gasteiger charge is -2.38. The third-order valence-electron chi connectivity index (χ3n) is 4.76. The third kappa shape index (κ3) is 3.06. The van der Waals surface area contributed by atoms with Gasteiger partial charge in [-0.3, -0.25) is 19.6 Å². The summed E-state index contributed by atoms with van der Waals surface area (Å²) >= 11 is 7.07. The highest BCUT2D eigenvalue weighted by molar-refractivity contribution is 9.10. The molecule has 0 spiro atoms. The van der Waals surface area contributed by atoms with Gasteiger partial charge in [0.05, 0.1) is 18.1 Å². The van der Waals surface area contributed by atoms with Gasteiger partial charge in [0.25, 0.3) is 5.91 Å². The lowest BCUT2D eigenvalue weighted by atomic mass is 10.2. The summed E-state index contributed by atoms with van der Waals surface area (Å²) in [5, 5.41) is 0. The number of carbonyl (C=O) groups excluding carboxylic acids is 1. The lowest BCUT2D eigenvalue weighted by molar-refractivity contribution is 0.0834. The van der Waals surface area contributed by atoms with Gasteiger partial charge in [-0.2, -0.15) is 0 Å². The van der Waals surface area contributed by atoms with Crippen LogP contribution < -0.4 is 9.64 Å². The van der Waals surface area contributed by atoms with E-state index in [4.69, 9.17) is 4.74 Å². The SMILES string of the molecule is CCN1C(=O)c2c(nc(Br)n2Cc2ccc(OC)c(Br)c2)N2CCCN=C12. The highest BCUT2D eigenvalue weighted by atomic mass is 79.9. The molecule has 0 atom stereocenters. The first-order valence-electron chi connectivity index (χ1n) is 8.77. The third-order valence-corrected chi connectivity index (χ3v) is 5.98. The summed E-state index contributed by atoms with van der Waals surface area (Å²) in [7, 11) is 1.64. The molecule has 0 bridgehead atoms. The Balaban J connectivity index is 1.78. The first-order valence-corrected chi connectivity index (χ1v) is 10.4. The van der Waals surface area contributed by atoms with E-state index in [1.54, 1.807) is 12.0 Å². The van der Waals surface area contributed by atoms with Crippen molar-refractivity contribution < 1.29 is 9.53 Å². The van der Waals surface area contributed by atoms with Crippen LogP contribution in [0.4, 0.5) is 5.82 Å². The fourth-order valence-electron chi connectivity index (χ4n) is 3.48. The van der Waals surface area contributed by atoms with Crippen molar-refractivity contribution in [2.24, 2.45) is 4.99 Å². The van der Waals surface area contributed by atoms with Crippen molar-refractivity contribution >= 4 is 49.5 Å². The van der Waals surface area contributed by atoms with E-state index in [0.717, 1.165) is 35.3 Å². The molecule has 142 valence electrons. The van der Waals surface area contributed by atoms with Crippen LogP contribution in [-0.4, -0.2) is 53.1 Å². The van der Waals surface area contributed by atoms with E-state index in [1.807, 2.05) is 29.7 Å². The molecule has 0 N–H and O–H groups in total. The number of aliphatic imine (C=N–C) groups is 1. The number of hydrogen-bond acceptors (Lipinski definition) is 5. The van der Waals surface area contributed by atoms with Gasteiger partial charge in [0.1, 0.15) is 5.75 Å². The molecule has 0 saturated heterocycles. The van der Waals surface area contributed by atoms with Gasteiger partial charge in [-0.25, -0.2) is 4.98 Å². The molecule has 0 radical (unpaired) electrons. The van der Waals surface area contributed by atoms with Gasteiger partial charge in [-0.05, 0) is 62.9 Å². The number of imidazole rings is 1. The van der Waals surface area contributed by atoms with Gasteiger partial charge >= 0.3 is 0 Å². The van der Waals surface area contributed by atoms with Crippen LogP contribution in [0.1, 0.15) is 29.4 Å². The van der Waals surface area contributed by atoms with Crippen molar-refractivity contribution in [2.75, 3.05) is 31.6 Å². The first-order chi connectivity index (χ1) is 13.0. The Morgan fingerprint density at radius 3 is 2.81 bits per heavy atom. The summed E-state index contributed by atoms with van der Waals surface area (Å²) < 4.78 is 8.72. The molecule has 3 heterocycles. The van der Waals surface area contributed by atoms with Gasteiger partial charge in [-0.1, -0.05) is 6.07 Å². The van der Waals surface area contributed by atoms with Crippen molar-refractivity contribution in [3.05, 3.63) is 38.7 Å². The van der Waals surface area contributed by atoms with E-state index in [2.05, 4.69) is 46.7 Å². The first kappa shape index (κ1) is 18.5. The standard InChI is InChI=1S/C18H19Br2N5O2/c1-3-23-16(26)14-15(24-8-4-7-21-18(23)24)22-17(20)25(14)10-11-5-6-13(27-2)12(19)9-11/h5-6,9H,3-4,7-8,10H2,1-2H3. The summed E-state index contributed by atoms with van der Waals surface area (Å²) in [4.78, 5) is 26.2. The second kappa shape index (κ2) is 7.27. The zero-order valence-electron chi connectivity index (χ0n) is 15.1. The molecule has 1 amide bonds. The van der Waals surface area contributed by atoms with Crippen molar-refractivity contribution in [1.82, 2.24) is 14.5 Å². The van der Waals surface area contributed by atoms with Crippen molar-refractivity contribution in [3.63, 3.8) is 0 Å². The molecule has 2 aliphatic rings. The van der Waals surface area contributed by atoms with Crippen molar-refractivity contribution in [2.45, 2.75) is 19.9 Å². The molecule has 0 aliphatic carbocycles. The Morgan fingerprint density at radius 1 is 1.30 bits per heavy atom. The number of benzene rings is 1. The number of ether oxygens (including phenoxy) is 1.